The van der Waals surface area contributed by atoms with Crippen molar-refractivity contribution in [2.24, 2.45) is 0 Å². The molecule has 0 fully saturated rings. The van der Waals surface area contributed by atoms with Gasteiger partial charge in [-0.15, -0.1) is 0 Å². The van der Waals surface area contributed by atoms with E-state index < -0.39 is 0 Å². The van der Waals surface area contributed by atoms with Gasteiger partial charge >= 0.3 is 0 Å². The van der Waals surface area contributed by atoms with Gasteiger partial charge in [-0.3, -0.25) is 4.98 Å². The van der Waals surface area contributed by atoms with Crippen molar-refractivity contribution in [3.05, 3.63) is 54.1 Å². The van der Waals surface area contributed by atoms with Crippen LogP contribution >= 0.6 is 0 Å². The summed E-state index contributed by atoms with van der Waals surface area (Å²) in [6.45, 7) is 4.09. The summed E-state index contributed by atoms with van der Waals surface area (Å²) >= 11 is 0. The van der Waals surface area contributed by atoms with Crippen LogP contribution in [0.1, 0.15) is 11.3 Å². The lowest BCUT2D eigenvalue weighted by Crippen LogP contribution is -1.91. The number of aryl methyl sites for hydroxylation is 2. The number of hydrogen-bond acceptors (Lipinski definition) is 2. The van der Waals surface area contributed by atoms with Crippen LogP contribution in [0.3, 0.4) is 0 Å². The Morgan fingerprint density at radius 1 is 1.12 bits per heavy atom. The summed E-state index contributed by atoms with van der Waals surface area (Å²) in [7, 11) is 0. The zero-order valence-corrected chi connectivity index (χ0v) is 9.88. The van der Waals surface area contributed by atoms with Crippen molar-refractivity contribution in [3.8, 4) is 11.1 Å². The van der Waals surface area contributed by atoms with E-state index in [-0.39, 0.29) is 0 Å². The van der Waals surface area contributed by atoms with Gasteiger partial charge in [0.1, 0.15) is 0 Å². The number of hydrogen-bond donors (Lipinski definition) is 0. The van der Waals surface area contributed by atoms with Crippen molar-refractivity contribution >= 4 is 5.52 Å². The van der Waals surface area contributed by atoms with Crippen LogP contribution in [0.2, 0.25) is 0 Å². The second-order valence-electron chi connectivity index (χ2n) is 4.21. The molecule has 0 atom stereocenters. The summed E-state index contributed by atoms with van der Waals surface area (Å²) in [6.07, 6.45) is 5.75. The average Bonchev–Trinajstić information content (AvgIpc) is 2.71. The molecule has 0 radical (unpaired) electrons. The van der Waals surface area contributed by atoms with Gasteiger partial charge in [0.2, 0.25) is 0 Å². The lowest BCUT2D eigenvalue weighted by molar-refractivity contribution is 0.962. The molecule has 0 aliphatic rings. The van der Waals surface area contributed by atoms with Crippen molar-refractivity contribution in [3.63, 3.8) is 0 Å². The quantitative estimate of drug-likeness (QED) is 0.634. The van der Waals surface area contributed by atoms with Gasteiger partial charge in [-0.1, -0.05) is 12.1 Å². The Bertz CT molecular complexity index is 683. The summed E-state index contributed by atoms with van der Waals surface area (Å²) in [5.41, 5.74) is 5.68. The molecular weight excluding hydrogens is 210 g/mol. The number of nitrogens with zero attached hydrogens (tertiary/aromatic N) is 3. The minimum Gasteiger partial charge on any atom is -0.261 e. The fourth-order valence-electron chi connectivity index (χ4n) is 2.06. The van der Waals surface area contributed by atoms with Gasteiger partial charge in [0.25, 0.3) is 0 Å². The Hall–Kier alpha value is -2.16. The topological polar surface area (TPSA) is 30.2 Å². The van der Waals surface area contributed by atoms with E-state index in [1.807, 2.05) is 36.1 Å². The Balaban J connectivity index is 2.22. The number of pyridine rings is 2. The highest BCUT2D eigenvalue weighted by Crippen LogP contribution is 2.22. The Kier molecular flexibility index (Phi) is 2.18. The van der Waals surface area contributed by atoms with Gasteiger partial charge in [0, 0.05) is 29.2 Å². The van der Waals surface area contributed by atoms with E-state index in [1.165, 1.54) is 5.56 Å². The lowest BCUT2D eigenvalue weighted by Gasteiger charge is -2.05. The fourth-order valence-corrected chi connectivity index (χ4v) is 2.06. The molecule has 0 saturated carbocycles. The van der Waals surface area contributed by atoms with E-state index in [2.05, 4.69) is 35.2 Å². The molecule has 3 rings (SSSR count). The van der Waals surface area contributed by atoms with E-state index in [1.54, 1.807) is 0 Å². The molecule has 0 N–H and O–H groups in total. The highest BCUT2D eigenvalue weighted by atomic mass is 15.2. The second kappa shape index (κ2) is 3.70. The van der Waals surface area contributed by atoms with Gasteiger partial charge < -0.3 is 0 Å². The van der Waals surface area contributed by atoms with Crippen molar-refractivity contribution in [1.29, 1.82) is 0 Å². The maximum Gasteiger partial charge on any atom is 0.0691 e. The molecular formula is C14H13N3. The monoisotopic (exact) mass is 223 g/mol. The molecule has 0 amide bonds. The first-order chi connectivity index (χ1) is 8.25. The maximum absolute atomic E-state index is 4.33. The normalized spacial score (nSPS) is 10.9. The van der Waals surface area contributed by atoms with E-state index in [0.717, 1.165) is 22.3 Å². The van der Waals surface area contributed by atoms with E-state index in [4.69, 9.17) is 0 Å². The SMILES string of the molecule is Cc1ncccc1-c1ccc2c(C)cnn2c1. The molecule has 0 saturated heterocycles. The van der Waals surface area contributed by atoms with Crippen LogP contribution in [0.5, 0.6) is 0 Å². The predicted molar refractivity (Wildman–Crippen MR) is 67.9 cm³/mol. The molecule has 0 aliphatic carbocycles. The maximum atomic E-state index is 4.33. The third-order valence-corrected chi connectivity index (χ3v) is 3.03. The minimum absolute atomic E-state index is 1.04. The third kappa shape index (κ3) is 1.60. The van der Waals surface area contributed by atoms with Gasteiger partial charge in [-0.2, -0.15) is 5.10 Å². The van der Waals surface area contributed by atoms with Crippen LogP contribution in [0, 0.1) is 13.8 Å². The van der Waals surface area contributed by atoms with Crippen LogP contribution in [-0.4, -0.2) is 14.6 Å². The van der Waals surface area contributed by atoms with Crippen molar-refractivity contribution in [2.45, 2.75) is 13.8 Å². The zero-order valence-electron chi connectivity index (χ0n) is 9.88. The van der Waals surface area contributed by atoms with Crippen molar-refractivity contribution in [1.82, 2.24) is 14.6 Å². The first-order valence-corrected chi connectivity index (χ1v) is 5.62. The Morgan fingerprint density at radius 2 is 2.00 bits per heavy atom. The Labute approximate surface area is 99.7 Å². The molecule has 0 spiro atoms. The highest BCUT2D eigenvalue weighted by Gasteiger charge is 2.04. The molecule has 3 aromatic heterocycles. The number of fused-ring (bicyclic) bond motifs is 1. The van der Waals surface area contributed by atoms with Crippen molar-refractivity contribution < 1.29 is 0 Å². The number of rotatable bonds is 1. The summed E-state index contributed by atoms with van der Waals surface area (Å²) in [6, 6.07) is 8.26. The standard InChI is InChI=1S/C14H13N3/c1-10-8-16-17-9-12(5-6-14(10)17)13-4-3-7-15-11(13)2/h3-9H,1-2H3. The smallest absolute Gasteiger partial charge is 0.0691 e. The van der Waals surface area contributed by atoms with E-state index in [0.29, 0.717) is 0 Å². The van der Waals surface area contributed by atoms with Crippen LogP contribution in [-0.2, 0) is 0 Å². The fraction of sp³-hybridized carbons (Fsp3) is 0.143. The molecule has 3 heteroatoms. The zero-order chi connectivity index (χ0) is 11.8. The molecule has 0 unspecified atom stereocenters. The van der Waals surface area contributed by atoms with Gasteiger partial charge in [0.05, 0.1) is 11.7 Å². The van der Waals surface area contributed by atoms with Gasteiger partial charge in [-0.25, -0.2) is 4.52 Å². The highest BCUT2D eigenvalue weighted by molar-refractivity contribution is 5.68. The molecule has 0 bridgehead atoms. The molecule has 0 aromatic carbocycles. The first kappa shape index (κ1) is 10.0. The summed E-state index contributed by atoms with van der Waals surface area (Å²) in [5, 5.41) is 4.33. The summed E-state index contributed by atoms with van der Waals surface area (Å²) < 4.78 is 1.91. The predicted octanol–water partition coefficient (Wildman–Crippen LogP) is 3.01. The molecule has 0 aliphatic heterocycles. The average molecular weight is 223 g/mol. The van der Waals surface area contributed by atoms with E-state index in [9.17, 15) is 0 Å². The first-order valence-electron chi connectivity index (χ1n) is 5.62. The largest absolute Gasteiger partial charge is 0.261 e. The molecule has 84 valence electrons. The Morgan fingerprint density at radius 3 is 2.82 bits per heavy atom. The van der Waals surface area contributed by atoms with Crippen LogP contribution in [0.4, 0.5) is 0 Å². The lowest BCUT2D eigenvalue weighted by atomic mass is 10.1. The second-order valence-corrected chi connectivity index (χ2v) is 4.21. The summed E-state index contributed by atoms with van der Waals surface area (Å²) in [5.74, 6) is 0. The van der Waals surface area contributed by atoms with Crippen molar-refractivity contribution in [2.75, 3.05) is 0 Å². The molecule has 3 nitrogen and oxygen atoms in total. The number of aromatic nitrogens is 3. The van der Waals surface area contributed by atoms with Crippen LogP contribution < -0.4 is 0 Å². The molecule has 3 heterocycles. The molecule has 3 aromatic rings. The third-order valence-electron chi connectivity index (χ3n) is 3.03. The van der Waals surface area contributed by atoms with Gasteiger partial charge in [-0.05, 0) is 31.5 Å². The van der Waals surface area contributed by atoms with Gasteiger partial charge in [0.15, 0.2) is 0 Å². The van der Waals surface area contributed by atoms with E-state index >= 15 is 0 Å². The van der Waals surface area contributed by atoms with Crippen LogP contribution in [0.25, 0.3) is 16.6 Å². The van der Waals surface area contributed by atoms with Crippen LogP contribution in [0.15, 0.2) is 42.9 Å². The minimum atomic E-state index is 1.04. The summed E-state index contributed by atoms with van der Waals surface area (Å²) in [4.78, 5) is 4.31. The molecule has 17 heavy (non-hydrogen) atoms.